The molecule has 2 aromatic rings. The van der Waals surface area contributed by atoms with Crippen LogP contribution in [-0.4, -0.2) is 61.0 Å². The molecule has 0 radical (unpaired) electrons. The zero-order valence-electron chi connectivity index (χ0n) is 20.5. The summed E-state index contributed by atoms with van der Waals surface area (Å²) in [5.41, 5.74) is 0.487. The molecular formula is C27H34N2O6. The second kappa shape index (κ2) is 11.0. The number of hydrogen-bond donors (Lipinski definition) is 1. The van der Waals surface area contributed by atoms with Crippen LogP contribution in [0, 0.1) is 0 Å². The number of nitrogens with zero attached hydrogens (tertiary/aromatic N) is 2. The van der Waals surface area contributed by atoms with Crippen LogP contribution in [0.3, 0.4) is 0 Å². The fraction of sp³-hybridized carbons (Fsp3) is 0.481. The van der Waals surface area contributed by atoms with E-state index in [1.165, 1.54) is 0 Å². The Bertz CT molecular complexity index is 1030. The number of benzene rings is 2. The summed E-state index contributed by atoms with van der Waals surface area (Å²) in [5, 5.41) is 11.1. The lowest BCUT2D eigenvalue weighted by Gasteiger charge is -2.38. The molecule has 2 aliphatic heterocycles. The largest absolute Gasteiger partial charge is 0.494 e. The number of likely N-dealkylation sites (tertiary alicyclic amines) is 1. The van der Waals surface area contributed by atoms with Gasteiger partial charge in [-0.25, -0.2) is 0 Å². The van der Waals surface area contributed by atoms with Gasteiger partial charge < -0.3 is 29.1 Å². The number of hydrogen-bond acceptors (Lipinski definition) is 6. The van der Waals surface area contributed by atoms with Crippen molar-refractivity contribution < 1.29 is 28.9 Å². The van der Waals surface area contributed by atoms with Gasteiger partial charge >= 0.3 is 0 Å². The molecule has 1 N–H and O–H groups in total. The van der Waals surface area contributed by atoms with Gasteiger partial charge in [-0.3, -0.25) is 9.59 Å². The van der Waals surface area contributed by atoms with E-state index in [9.17, 15) is 14.7 Å². The first kappa shape index (κ1) is 24.9. The predicted octanol–water partition coefficient (Wildman–Crippen LogP) is 3.54. The van der Waals surface area contributed by atoms with Crippen molar-refractivity contribution in [2.75, 3.05) is 38.4 Å². The monoisotopic (exact) mass is 482 g/mol. The highest BCUT2D eigenvalue weighted by Crippen LogP contribution is 2.33. The average Bonchev–Trinajstić information content (AvgIpc) is 3.32. The maximum atomic E-state index is 12.9. The molecule has 2 amide bonds. The molecule has 35 heavy (non-hydrogen) atoms. The lowest BCUT2D eigenvalue weighted by Crippen LogP contribution is -2.49. The van der Waals surface area contributed by atoms with Gasteiger partial charge in [-0.1, -0.05) is 19.4 Å². The lowest BCUT2D eigenvalue weighted by molar-refractivity contribution is -0.136. The number of fused-ring (bicyclic) bond motifs is 1. The Labute approximate surface area is 206 Å². The first-order valence-electron chi connectivity index (χ1n) is 12.2. The van der Waals surface area contributed by atoms with Crippen LogP contribution >= 0.6 is 0 Å². The van der Waals surface area contributed by atoms with Gasteiger partial charge in [-0.2, -0.15) is 0 Å². The van der Waals surface area contributed by atoms with Gasteiger partial charge in [-0.15, -0.1) is 0 Å². The van der Waals surface area contributed by atoms with Crippen molar-refractivity contribution in [1.82, 2.24) is 4.90 Å². The van der Waals surface area contributed by atoms with Crippen molar-refractivity contribution in [1.29, 1.82) is 0 Å². The Morgan fingerprint density at radius 2 is 1.80 bits per heavy atom. The Morgan fingerprint density at radius 1 is 1.09 bits per heavy atom. The predicted molar refractivity (Wildman–Crippen MR) is 132 cm³/mol. The van der Waals surface area contributed by atoms with Crippen LogP contribution in [-0.2, 0) is 16.0 Å². The van der Waals surface area contributed by atoms with E-state index in [1.54, 1.807) is 16.8 Å². The Kier molecular flexibility index (Phi) is 7.80. The van der Waals surface area contributed by atoms with Crippen LogP contribution in [0.15, 0.2) is 42.5 Å². The van der Waals surface area contributed by atoms with E-state index in [-0.39, 0.29) is 31.4 Å². The number of anilines is 1. The number of ether oxygens (including phenoxy) is 3. The Morgan fingerprint density at radius 3 is 2.51 bits per heavy atom. The van der Waals surface area contributed by atoms with Crippen LogP contribution in [0.4, 0.5) is 5.69 Å². The number of piperidine rings is 1. The summed E-state index contributed by atoms with van der Waals surface area (Å²) in [7, 11) is 1.71. The summed E-state index contributed by atoms with van der Waals surface area (Å²) in [6.45, 7) is 3.82. The fourth-order valence-electron chi connectivity index (χ4n) is 4.33. The van der Waals surface area contributed by atoms with E-state index in [1.807, 2.05) is 42.5 Å². The molecule has 2 aromatic carbocycles. The standard InChI is InChI=1S/C27H34N2O6/c1-3-4-15-33-22-8-6-21(7-9-22)28(2)26(31)18-27(32)11-13-29(14-12-27)25(30)17-20-5-10-23-24(16-20)35-19-34-23/h5-10,16,32H,3-4,11-15,17-19H2,1-2H3. The van der Waals surface area contributed by atoms with Gasteiger partial charge in [0.05, 0.1) is 25.0 Å². The van der Waals surface area contributed by atoms with Crippen LogP contribution < -0.4 is 19.1 Å². The maximum Gasteiger partial charge on any atom is 0.231 e. The van der Waals surface area contributed by atoms with Crippen molar-refractivity contribution in [3.05, 3.63) is 48.0 Å². The van der Waals surface area contributed by atoms with Gasteiger partial charge in [0, 0.05) is 25.8 Å². The number of amides is 2. The minimum absolute atomic E-state index is 0.00407. The second-order valence-corrected chi connectivity index (χ2v) is 9.29. The minimum atomic E-state index is -1.12. The first-order valence-corrected chi connectivity index (χ1v) is 12.2. The van der Waals surface area contributed by atoms with Crippen molar-refractivity contribution in [2.24, 2.45) is 0 Å². The molecule has 8 heteroatoms. The van der Waals surface area contributed by atoms with Crippen LogP contribution in [0.5, 0.6) is 17.2 Å². The second-order valence-electron chi connectivity index (χ2n) is 9.29. The van der Waals surface area contributed by atoms with E-state index in [0.29, 0.717) is 44.0 Å². The molecule has 0 saturated carbocycles. The molecule has 1 fully saturated rings. The Hall–Kier alpha value is -3.26. The van der Waals surface area contributed by atoms with Gasteiger partial charge in [0.1, 0.15) is 5.75 Å². The van der Waals surface area contributed by atoms with Crippen molar-refractivity contribution in [3.63, 3.8) is 0 Å². The minimum Gasteiger partial charge on any atom is -0.494 e. The summed E-state index contributed by atoms with van der Waals surface area (Å²) in [5.74, 6) is 1.96. The number of rotatable bonds is 9. The summed E-state index contributed by atoms with van der Waals surface area (Å²) in [4.78, 5) is 29.0. The normalized spacial score (nSPS) is 16.1. The summed E-state index contributed by atoms with van der Waals surface area (Å²) >= 11 is 0. The molecule has 0 spiro atoms. The van der Waals surface area contributed by atoms with E-state index in [4.69, 9.17) is 14.2 Å². The highest BCUT2D eigenvalue weighted by atomic mass is 16.7. The molecule has 4 rings (SSSR count). The highest BCUT2D eigenvalue weighted by molar-refractivity contribution is 5.93. The zero-order valence-corrected chi connectivity index (χ0v) is 20.5. The van der Waals surface area contributed by atoms with Crippen LogP contribution in [0.2, 0.25) is 0 Å². The summed E-state index contributed by atoms with van der Waals surface area (Å²) in [6, 6.07) is 12.9. The number of carbonyl (C=O) groups is 2. The van der Waals surface area contributed by atoms with Crippen LogP contribution in [0.25, 0.3) is 0 Å². The van der Waals surface area contributed by atoms with E-state index in [2.05, 4.69) is 6.92 Å². The van der Waals surface area contributed by atoms with Crippen LogP contribution in [0.1, 0.15) is 44.6 Å². The molecule has 0 aromatic heterocycles. The van der Waals surface area contributed by atoms with E-state index >= 15 is 0 Å². The highest BCUT2D eigenvalue weighted by Gasteiger charge is 2.36. The third-order valence-corrected chi connectivity index (χ3v) is 6.68. The number of aliphatic hydroxyl groups is 1. The molecule has 188 valence electrons. The molecule has 0 atom stereocenters. The third-order valence-electron chi connectivity index (χ3n) is 6.68. The molecule has 2 aliphatic rings. The molecule has 2 heterocycles. The molecule has 0 unspecified atom stereocenters. The summed E-state index contributed by atoms with van der Waals surface area (Å²) < 4.78 is 16.4. The molecule has 0 bridgehead atoms. The van der Waals surface area contributed by atoms with Gasteiger partial charge in [0.2, 0.25) is 18.6 Å². The quantitative estimate of drug-likeness (QED) is 0.550. The lowest BCUT2D eigenvalue weighted by atomic mass is 9.87. The van der Waals surface area contributed by atoms with Gasteiger partial charge in [0.25, 0.3) is 0 Å². The number of carbonyl (C=O) groups excluding carboxylic acids is 2. The van der Waals surface area contributed by atoms with Gasteiger partial charge in [-0.05, 0) is 61.2 Å². The van der Waals surface area contributed by atoms with Crippen molar-refractivity contribution in [3.8, 4) is 17.2 Å². The third kappa shape index (κ3) is 6.25. The SMILES string of the molecule is CCCCOc1ccc(N(C)C(=O)CC2(O)CCN(C(=O)Cc3ccc4c(c3)OCO4)CC2)cc1. The molecule has 1 saturated heterocycles. The van der Waals surface area contributed by atoms with Gasteiger partial charge in [0.15, 0.2) is 11.5 Å². The van der Waals surface area contributed by atoms with E-state index in [0.717, 1.165) is 29.8 Å². The molecule has 8 nitrogen and oxygen atoms in total. The molecule has 0 aliphatic carbocycles. The van der Waals surface area contributed by atoms with Crippen molar-refractivity contribution >= 4 is 17.5 Å². The summed E-state index contributed by atoms with van der Waals surface area (Å²) in [6.07, 6.45) is 3.08. The first-order chi connectivity index (χ1) is 16.9. The zero-order chi connectivity index (χ0) is 24.8. The van der Waals surface area contributed by atoms with Crippen molar-refractivity contribution in [2.45, 2.75) is 51.0 Å². The Balaban J connectivity index is 1.26. The molecular weight excluding hydrogens is 448 g/mol. The topological polar surface area (TPSA) is 88.5 Å². The average molecular weight is 483 g/mol. The van der Waals surface area contributed by atoms with E-state index < -0.39 is 5.60 Å². The number of unbranched alkanes of at least 4 members (excludes halogenated alkanes) is 1. The maximum absolute atomic E-state index is 12.9. The smallest absolute Gasteiger partial charge is 0.231 e. The fourth-order valence-corrected chi connectivity index (χ4v) is 4.33.